The molecule has 124 valence electrons. The Morgan fingerprint density at radius 3 is 2.43 bits per heavy atom. The molecule has 2 aliphatic carbocycles. The molecule has 2 fully saturated rings. The van der Waals surface area contributed by atoms with Gasteiger partial charge in [0, 0.05) is 25.2 Å². The lowest BCUT2D eigenvalue weighted by molar-refractivity contribution is 0.0704. The van der Waals surface area contributed by atoms with Crippen molar-refractivity contribution in [2.24, 2.45) is 11.3 Å². The molecule has 0 heterocycles. The zero-order valence-corrected chi connectivity index (χ0v) is 15.0. The largest absolute Gasteiger partial charge is 0.314 e. The molecule has 0 aliphatic heterocycles. The molecule has 2 nitrogen and oxygen atoms in total. The lowest BCUT2D eigenvalue weighted by atomic mass is 9.73. The van der Waals surface area contributed by atoms with E-state index in [9.17, 15) is 0 Å². The van der Waals surface area contributed by atoms with Gasteiger partial charge in [0.15, 0.2) is 0 Å². The van der Waals surface area contributed by atoms with Gasteiger partial charge < -0.3 is 10.2 Å². The fourth-order valence-corrected chi connectivity index (χ4v) is 4.57. The number of rotatable bonds is 6. The highest BCUT2D eigenvalue weighted by Gasteiger charge is 2.35. The molecule has 2 aliphatic rings. The standard InChI is InChI=1S/C19H38N2/c1-16(2)20-14-19(11-6-5-7-12-19)15-21(4)18-10-8-9-17(3)13-18/h16-18,20H,5-15H2,1-4H3. The van der Waals surface area contributed by atoms with Crippen LogP contribution in [-0.4, -0.2) is 37.1 Å². The van der Waals surface area contributed by atoms with Gasteiger partial charge in [-0.05, 0) is 44.1 Å². The van der Waals surface area contributed by atoms with Crippen molar-refractivity contribution in [3.8, 4) is 0 Å². The maximum atomic E-state index is 3.75. The van der Waals surface area contributed by atoms with Crippen molar-refractivity contribution in [2.75, 3.05) is 20.1 Å². The monoisotopic (exact) mass is 294 g/mol. The van der Waals surface area contributed by atoms with Crippen molar-refractivity contribution < 1.29 is 0 Å². The van der Waals surface area contributed by atoms with E-state index in [4.69, 9.17) is 0 Å². The fourth-order valence-electron chi connectivity index (χ4n) is 4.57. The number of nitrogens with one attached hydrogen (secondary N) is 1. The second kappa shape index (κ2) is 7.97. The third-order valence-electron chi connectivity index (χ3n) is 5.92. The fraction of sp³-hybridized carbons (Fsp3) is 1.00. The van der Waals surface area contributed by atoms with Crippen LogP contribution in [0.5, 0.6) is 0 Å². The quantitative estimate of drug-likeness (QED) is 0.779. The van der Waals surface area contributed by atoms with Gasteiger partial charge in [-0.3, -0.25) is 0 Å². The molecule has 2 saturated carbocycles. The van der Waals surface area contributed by atoms with Gasteiger partial charge in [-0.1, -0.05) is 52.9 Å². The summed E-state index contributed by atoms with van der Waals surface area (Å²) in [6, 6.07) is 1.45. The van der Waals surface area contributed by atoms with Crippen LogP contribution < -0.4 is 5.32 Å². The first kappa shape index (κ1) is 17.3. The first-order chi connectivity index (χ1) is 10.0. The molecule has 2 atom stereocenters. The zero-order chi connectivity index (χ0) is 15.3. The zero-order valence-electron chi connectivity index (χ0n) is 15.0. The van der Waals surface area contributed by atoms with E-state index >= 15 is 0 Å². The summed E-state index contributed by atoms with van der Waals surface area (Å²) < 4.78 is 0. The van der Waals surface area contributed by atoms with Crippen molar-refractivity contribution >= 4 is 0 Å². The van der Waals surface area contributed by atoms with E-state index in [0.29, 0.717) is 11.5 Å². The van der Waals surface area contributed by atoms with Crippen LogP contribution in [0, 0.1) is 11.3 Å². The van der Waals surface area contributed by atoms with Crippen molar-refractivity contribution in [3.05, 3.63) is 0 Å². The average molecular weight is 295 g/mol. The van der Waals surface area contributed by atoms with E-state index in [1.807, 2.05) is 0 Å². The first-order valence-corrected chi connectivity index (χ1v) is 9.44. The summed E-state index contributed by atoms with van der Waals surface area (Å²) >= 11 is 0. The molecule has 2 heteroatoms. The van der Waals surface area contributed by atoms with Crippen molar-refractivity contribution in [2.45, 2.75) is 90.6 Å². The maximum Gasteiger partial charge on any atom is 0.00949 e. The Bertz CT molecular complexity index is 294. The van der Waals surface area contributed by atoms with Gasteiger partial charge in [0.1, 0.15) is 0 Å². The highest BCUT2D eigenvalue weighted by Crippen LogP contribution is 2.38. The van der Waals surface area contributed by atoms with Crippen LogP contribution >= 0.6 is 0 Å². The molecule has 2 rings (SSSR count). The predicted octanol–water partition coefficient (Wildman–Crippen LogP) is 4.45. The SMILES string of the molecule is CC1CCCC(N(C)CC2(CNC(C)C)CCCCC2)C1. The van der Waals surface area contributed by atoms with Gasteiger partial charge in [0.25, 0.3) is 0 Å². The number of nitrogens with zero attached hydrogens (tertiary/aromatic N) is 1. The van der Waals surface area contributed by atoms with Gasteiger partial charge in [-0.2, -0.15) is 0 Å². The molecule has 21 heavy (non-hydrogen) atoms. The number of hydrogen-bond donors (Lipinski definition) is 1. The van der Waals surface area contributed by atoms with Gasteiger partial charge >= 0.3 is 0 Å². The Morgan fingerprint density at radius 2 is 1.81 bits per heavy atom. The first-order valence-electron chi connectivity index (χ1n) is 9.44. The second-order valence-corrected chi connectivity index (χ2v) is 8.44. The van der Waals surface area contributed by atoms with E-state index in [1.165, 1.54) is 70.9 Å². The second-order valence-electron chi connectivity index (χ2n) is 8.44. The average Bonchev–Trinajstić information content (AvgIpc) is 2.46. The summed E-state index contributed by atoms with van der Waals surface area (Å²) in [5, 5.41) is 3.75. The topological polar surface area (TPSA) is 15.3 Å². The smallest absolute Gasteiger partial charge is 0.00949 e. The molecule has 0 bridgehead atoms. The van der Waals surface area contributed by atoms with Crippen LogP contribution in [0.2, 0.25) is 0 Å². The minimum Gasteiger partial charge on any atom is -0.314 e. The van der Waals surface area contributed by atoms with Crippen LogP contribution in [0.25, 0.3) is 0 Å². The van der Waals surface area contributed by atoms with Crippen molar-refractivity contribution in [3.63, 3.8) is 0 Å². The molecule has 0 aromatic carbocycles. The van der Waals surface area contributed by atoms with E-state index in [1.54, 1.807) is 0 Å². The summed E-state index contributed by atoms with van der Waals surface area (Å²) in [6.45, 7) is 9.53. The third kappa shape index (κ3) is 5.25. The van der Waals surface area contributed by atoms with Crippen LogP contribution in [0.1, 0.15) is 78.6 Å². The molecular weight excluding hydrogens is 256 g/mol. The summed E-state index contributed by atoms with van der Waals surface area (Å²) in [5.41, 5.74) is 0.540. The molecule has 0 aromatic heterocycles. The molecule has 2 unspecified atom stereocenters. The van der Waals surface area contributed by atoms with Crippen LogP contribution in [0.3, 0.4) is 0 Å². The van der Waals surface area contributed by atoms with E-state index in [-0.39, 0.29) is 0 Å². The summed E-state index contributed by atoms with van der Waals surface area (Å²) in [4.78, 5) is 2.73. The summed E-state index contributed by atoms with van der Waals surface area (Å²) in [7, 11) is 2.40. The molecular formula is C19H38N2. The maximum absolute atomic E-state index is 3.75. The third-order valence-corrected chi connectivity index (χ3v) is 5.92. The minimum atomic E-state index is 0.540. The molecule has 0 saturated heterocycles. The Morgan fingerprint density at radius 1 is 1.10 bits per heavy atom. The van der Waals surface area contributed by atoms with Crippen LogP contribution in [0.15, 0.2) is 0 Å². The van der Waals surface area contributed by atoms with Crippen LogP contribution in [-0.2, 0) is 0 Å². The molecule has 0 spiro atoms. The predicted molar refractivity (Wildman–Crippen MR) is 92.7 cm³/mol. The Hall–Kier alpha value is -0.0800. The minimum absolute atomic E-state index is 0.540. The number of hydrogen-bond acceptors (Lipinski definition) is 2. The lowest BCUT2D eigenvalue weighted by Crippen LogP contribution is -2.49. The normalized spacial score (nSPS) is 30.0. The van der Waals surface area contributed by atoms with Crippen LogP contribution in [0.4, 0.5) is 0 Å². The van der Waals surface area contributed by atoms with Crippen molar-refractivity contribution in [1.29, 1.82) is 0 Å². The Labute approximate surface area is 133 Å². The Balaban J connectivity index is 1.93. The molecule has 0 aromatic rings. The van der Waals surface area contributed by atoms with Gasteiger partial charge in [-0.25, -0.2) is 0 Å². The van der Waals surface area contributed by atoms with Crippen molar-refractivity contribution in [1.82, 2.24) is 10.2 Å². The molecule has 0 amide bonds. The van der Waals surface area contributed by atoms with E-state index in [2.05, 4.69) is 38.0 Å². The van der Waals surface area contributed by atoms with Gasteiger partial charge in [0.2, 0.25) is 0 Å². The lowest BCUT2D eigenvalue weighted by Gasteiger charge is -2.44. The van der Waals surface area contributed by atoms with E-state index < -0.39 is 0 Å². The molecule has 0 radical (unpaired) electrons. The molecule has 1 N–H and O–H groups in total. The van der Waals surface area contributed by atoms with Gasteiger partial charge in [0.05, 0.1) is 0 Å². The summed E-state index contributed by atoms with van der Waals surface area (Å²) in [6.07, 6.45) is 12.9. The Kier molecular flexibility index (Phi) is 6.55. The summed E-state index contributed by atoms with van der Waals surface area (Å²) in [5.74, 6) is 0.933. The highest BCUT2D eigenvalue weighted by molar-refractivity contribution is 4.90. The van der Waals surface area contributed by atoms with Gasteiger partial charge in [-0.15, -0.1) is 0 Å². The highest BCUT2D eigenvalue weighted by atomic mass is 15.1. The van der Waals surface area contributed by atoms with E-state index in [0.717, 1.165) is 12.0 Å².